The van der Waals surface area contributed by atoms with E-state index in [9.17, 15) is 32.3 Å². The predicted octanol–water partition coefficient (Wildman–Crippen LogP) is 4.53. The van der Waals surface area contributed by atoms with Crippen LogP contribution in [0.5, 0.6) is 5.75 Å². The van der Waals surface area contributed by atoms with Gasteiger partial charge in [0.1, 0.15) is 18.3 Å². The number of nitrogens with one attached hydrogen (secondary N) is 2. The maximum Gasteiger partial charge on any atom is 0.273 e. The molecule has 80 heavy (non-hydrogen) atoms. The summed E-state index contributed by atoms with van der Waals surface area (Å²) in [6.45, 7) is 9.36. The second kappa shape index (κ2) is 38.5. The molecule has 0 aliphatic carbocycles. The average molecular weight is 1140 g/mol. The van der Waals surface area contributed by atoms with E-state index >= 15 is 0 Å². The first kappa shape index (κ1) is 64.7. The van der Waals surface area contributed by atoms with Crippen molar-refractivity contribution in [3.05, 3.63) is 94.8 Å². The van der Waals surface area contributed by atoms with Gasteiger partial charge in [0.2, 0.25) is 17.5 Å². The Hall–Kier alpha value is -6.08. The van der Waals surface area contributed by atoms with Crippen LogP contribution in [0.1, 0.15) is 49.7 Å². The van der Waals surface area contributed by atoms with Crippen LogP contribution in [0.4, 0.5) is 23.2 Å². The maximum atomic E-state index is 13.6. The topological polar surface area (TPSA) is 273 Å². The van der Waals surface area contributed by atoms with Crippen molar-refractivity contribution in [3.63, 3.8) is 0 Å². The standard InChI is InChI=1S/C53H72F4N8O15/c1-2-9-65(79-37-42-5-8-62-64-42)53(68)40-30-39-4-3-38(31-45(39)63-46(58)32-40)41-34-59-47(60-35-41)36-61-48(66)6-10-69-12-14-71-16-18-73-20-22-75-24-26-77-28-29-78-27-25-76-23-21-74-19-17-72-15-13-70-11-7-49(67)80-52-50(56)43(54)33-44(55)51(52)57/h3-5,8,30-31,33-35,49,67H,2,6-7,9-29,32,36-37H2,1H3,(H2,58,63)(H,61,66)(H,62,64). The average Bonchev–Trinajstić information content (AvgIpc) is 3.97. The fourth-order valence-electron chi connectivity index (χ4n) is 6.95. The van der Waals surface area contributed by atoms with Crippen molar-refractivity contribution in [2.45, 2.75) is 52.0 Å². The SMILES string of the molecule is CCCN(OCc1ccn[nH]1)C(=O)C1=Cc2ccc(-c3cnc(CNC(=O)CCOCCOCCOCCOCCOCCOCCOCCOCCOCCOCCC(O)Oc4c(F)c(F)cc(F)c4F)nc3)cc2N=C(N)C1. The Morgan fingerprint density at radius 2 is 1.21 bits per heavy atom. The van der Waals surface area contributed by atoms with Gasteiger partial charge in [-0.3, -0.25) is 19.5 Å². The Labute approximate surface area is 461 Å². The largest absolute Gasteiger partial charge is 0.459 e. The van der Waals surface area contributed by atoms with Crippen LogP contribution in [-0.4, -0.2) is 193 Å². The molecule has 3 heterocycles. The first-order valence-corrected chi connectivity index (χ1v) is 26.2. The van der Waals surface area contributed by atoms with E-state index in [1.165, 1.54) is 5.06 Å². The molecular formula is C53H72F4N8O15. The lowest BCUT2D eigenvalue weighted by atomic mass is 10.0. The summed E-state index contributed by atoms with van der Waals surface area (Å²) in [6, 6.07) is 7.46. The molecule has 442 valence electrons. The van der Waals surface area contributed by atoms with E-state index in [4.69, 9.17) is 57.9 Å². The minimum Gasteiger partial charge on any atom is -0.459 e. The molecule has 1 aliphatic heterocycles. The summed E-state index contributed by atoms with van der Waals surface area (Å²) in [5.74, 6) is -7.86. The molecule has 2 aromatic carbocycles. The summed E-state index contributed by atoms with van der Waals surface area (Å²) in [7, 11) is 0. The molecule has 5 rings (SSSR count). The lowest BCUT2D eigenvalue weighted by molar-refractivity contribution is -0.187. The summed E-state index contributed by atoms with van der Waals surface area (Å²) in [5, 5.41) is 20.6. The molecule has 0 radical (unpaired) electrons. The number of amidine groups is 1. The smallest absolute Gasteiger partial charge is 0.273 e. The molecule has 0 spiro atoms. The van der Waals surface area contributed by atoms with Crippen LogP contribution in [0.25, 0.3) is 17.2 Å². The van der Waals surface area contributed by atoms with Crippen LogP contribution < -0.4 is 15.8 Å². The number of ether oxygens (including phenoxy) is 11. The van der Waals surface area contributed by atoms with Crippen LogP contribution in [-0.2, 0) is 74.9 Å². The normalized spacial score (nSPS) is 12.7. The third-order valence-electron chi connectivity index (χ3n) is 11.0. The Morgan fingerprint density at radius 1 is 0.700 bits per heavy atom. The van der Waals surface area contributed by atoms with Gasteiger partial charge in [-0.1, -0.05) is 19.1 Å². The van der Waals surface area contributed by atoms with E-state index in [1.807, 2.05) is 25.1 Å². The minimum atomic E-state index is -1.75. The molecular weight excluding hydrogens is 1060 g/mol. The number of H-pyrrole nitrogens is 1. The van der Waals surface area contributed by atoms with E-state index in [0.717, 1.165) is 22.4 Å². The summed E-state index contributed by atoms with van der Waals surface area (Å²) in [5.41, 5.74) is 10.4. The highest BCUT2D eigenvalue weighted by Crippen LogP contribution is 2.32. The zero-order valence-electron chi connectivity index (χ0n) is 44.9. The molecule has 5 N–H and O–H groups in total. The second-order valence-electron chi connectivity index (χ2n) is 17.2. The first-order valence-electron chi connectivity index (χ1n) is 26.2. The number of nitrogens with two attached hydrogens (primary N) is 1. The number of hydroxylamine groups is 2. The van der Waals surface area contributed by atoms with Gasteiger partial charge in [-0.05, 0) is 30.2 Å². The van der Waals surface area contributed by atoms with Gasteiger partial charge in [0.25, 0.3) is 5.91 Å². The molecule has 1 unspecified atom stereocenters. The number of rotatable bonds is 44. The van der Waals surface area contributed by atoms with E-state index in [2.05, 4.69) is 35.2 Å². The maximum absolute atomic E-state index is 13.6. The number of amides is 2. The molecule has 23 nitrogen and oxygen atoms in total. The highest BCUT2D eigenvalue weighted by Gasteiger charge is 2.24. The number of halogens is 4. The van der Waals surface area contributed by atoms with Crippen molar-refractivity contribution in [2.24, 2.45) is 10.7 Å². The molecule has 27 heteroatoms. The van der Waals surface area contributed by atoms with Crippen molar-refractivity contribution < 1.29 is 89.2 Å². The van der Waals surface area contributed by atoms with Gasteiger partial charge in [-0.15, -0.1) is 0 Å². The third kappa shape index (κ3) is 25.2. The van der Waals surface area contributed by atoms with E-state index in [0.29, 0.717) is 142 Å². The lowest BCUT2D eigenvalue weighted by Gasteiger charge is -2.22. The number of fused-ring (bicyclic) bond motifs is 1. The van der Waals surface area contributed by atoms with E-state index in [1.54, 1.807) is 30.7 Å². The molecule has 0 saturated carbocycles. The van der Waals surface area contributed by atoms with Crippen LogP contribution in [0.15, 0.2) is 59.5 Å². The highest BCUT2D eigenvalue weighted by molar-refractivity contribution is 6.05. The lowest BCUT2D eigenvalue weighted by Crippen LogP contribution is -2.34. The highest BCUT2D eigenvalue weighted by atomic mass is 19.2. The van der Waals surface area contributed by atoms with Gasteiger partial charge in [-0.25, -0.2) is 28.8 Å². The number of benzene rings is 2. The van der Waals surface area contributed by atoms with Gasteiger partial charge >= 0.3 is 0 Å². The molecule has 1 aliphatic rings. The van der Waals surface area contributed by atoms with E-state index in [-0.39, 0.29) is 76.7 Å². The number of aliphatic imine (C=N–C) groups is 1. The Bertz CT molecular complexity index is 2440. The Balaban J connectivity index is 0.747. The number of hydrogen-bond donors (Lipinski definition) is 4. The number of aromatic amines is 1. The zero-order chi connectivity index (χ0) is 57.0. The first-order chi connectivity index (χ1) is 39.0. The monoisotopic (exact) mass is 1140 g/mol. The molecule has 0 saturated heterocycles. The molecule has 0 fully saturated rings. The van der Waals surface area contributed by atoms with E-state index < -0.39 is 35.3 Å². The second-order valence-corrected chi connectivity index (χ2v) is 17.2. The van der Waals surface area contributed by atoms with Crippen molar-refractivity contribution in [1.29, 1.82) is 0 Å². The number of hydrogen-bond acceptors (Lipinski definition) is 20. The quantitative estimate of drug-likeness (QED) is 0.0156. The summed E-state index contributed by atoms with van der Waals surface area (Å²) >= 11 is 0. The third-order valence-corrected chi connectivity index (χ3v) is 11.0. The molecule has 1 atom stereocenters. The molecule has 4 aromatic rings. The molecule has 2 amide bonds. The van der Waals surface area contributed by atoms with Crippen LogP contribution in [0.2, 0.25) is 0 Å². The van der Waals surface area contributed by atoms with Crippen molar-refractivity contribution in [2.75, 3.05) is 139 Å². The molecule has 0 bridgehead atoms. The van der Waals surface area contributed by atoms with Gasteiger partial charge < -0.3 is 68.3 Å². The number of carbonyl (C=O) groups excluding carboxylic acids is 2. The van der Waals surface area contributed by atoms with Crippen LogP contribution in [0.3, 0.4) is 0 Å². The van der Waals surface area contributed by atoms with Crippen molar-refractivity contribution in [1.82, 2.24) is 30.5 Å². The summed E-state index contributed by atoms with van der Waals surface area (Å²) in [6.07, 6.45) is 5.83. The van der Waals surface area contributed by atoms with Crippen LogP contribution in [0, 0.1) is 23.3 Å². The van der Waals surface area contributed by atoms with Gasteiger partial charge in [0.15, 0.2) is 23.7 Å². The fraction of sp³-hybridized carbons (Fsp3) is 0.547. The number of nitrogens with zero attached hydrogens (tertiary/aromatic N) is 5. The molecule has 2 aromatic heterocycles. The Morgan fingerprint density at radius 3 is 1.71 bits per heavy atom. The minimum absolute atomic E-state index is 0.0430. The summed E-state index contributed by atoms with van der Waals surface area (Å²) < 4.78 is 113. The number of aliphatic hydroxyl groups is 1. The number of aromatic nitrogens is 4. The van der Waals surface area contributed by atoms with Crippen molar-refractivity contribution in [3.8, 4) is 16.9 Å². The van der Waals surface area contributed by atoms with Crippen LogP contribution >= 0.6 is 0 Å². The zero-order valence-corrected chi connectivity index (χ0v) is 44.9. The van der Waals surface area contributed by atoms with Gasteiger partial charge in [-0.2, -0.15) is 13.9 Å². The van der Waals surface area contributed by atoms with Crippen molar-refractivity contribution >= 4 is 29.4 Å². The number of aliphatic hydroxyl groups excluding tert-OH is 1. The summed E-state index contributed by atoms with van der Waals surface area (Å²) in [4.78, 5) is 45.2. The van der Waals surface area contributed by atoms with Gasteiger partial charge in [0.05, 0.1) is 150 Å². The predicted molar refractivity (Wildman–Crippen MR) is 279 cm³/mol. The number of carbonyl (C=O) groups is 2. The fourth-order valence-corrected chi connectivity index (χ4v) is 6.95. The van der Waals surface area contributed by atoms with Gasteiger partial charge in [0, 0.05) is 67.2 Å². The Kier molecular flexibility index (Phi) is 31.2.